The van der Waals surface area contributed by atoms with Crippen molar-refractivity contribution >= 4 is 11.8 Å². The number of alkyl halides is 1. The lowest BCUT2D eigenvalue weighted by Gasteiger charge is -2.37. The number of nitrogens with two attached hydrogens (primary N) is 1. The van der Waals surface area contributed by atoms with Crippen LogP contribution >= 0.6 is 0 Å². The second-order valence-corrected chi connectivity index (χ2v) is 7.40. The number of hydrogen-bond donors (Lipinski definition) is 2. The molecular formula is C18H31FN2O2. The minimum atomic E-state index is -0.812. The zero-order chi connectivity index (χ0) is 16.7. The molecule has 2 aliphatic rings. The molecule has 0 aromatic heterocycles. The fourth-order valence-corrected chi connectivity index (χ4v) is 4.17. The Morgan fingerprint density at radius 3 is 2.26 bits per heavy atom. The third kappa shape index (κ3) is 4.92. The van der Waals surface area contributed by atoms with E-state index in [0.29, 0.717) is 25.2 Å². The molecule has 2 aliphatic carbocycles. The van der Waals surface area contributed by atoms with Crippen LogP contribution < -0.4 is 11.1 Å². The Hall–Kier alpha value is -1.13. The summed E-state index contributed by atoms with van der Waals surface area (Å²) in [7, 11) is 0. The Labute approximate surface area is 138 Å². The van der Waals surface area contributed by atoms with Crippen LogP contribution in [-0.4, -0.2) is 24.0 Å². The molecular weight excluding hydrogens is 295 g/mol. The van der Waals surface area contributed by atoms with Crippen molar-refractivity contribution in [2.45, 2.75) is 82.6 Å². The van der Waals surface area contributed by atoms with Gasteiger partial charge in [0.05, 0.1) is 6.67 Å². The molecule has 23 heavy (non-hydrogen) atoms. The van der Waals surface area contributed by atoms with Gasteiger partial charge in [0, 0.05) is 5.92 Å². The van der Waals surface area contributed by atoms with Crippen molar-refractivity contribution in [3.8, 4) is 0 Å². The van der Waals surface area contributed by atoms with Crippen LogP contribution in [0.1, 0.15) is 77.0 Å². The smallest absolute Gasteiger partial charge is 0.243 e. The molecule has 5 heteroatoms. The summed E-state index contributed by atoms with van der Waals surface area (Å²) in [5.74, 6) is 0.259. The minimum Gasteiger partial charge on any atom is -0.368 e. The molecule has 0 aromatic carbocycles. The standard InChI is InChI=1S/C18H31FN2O2/c19-13-5-2-6-14-7-9-15(10-8-14)16(22)21-18(17(20)23)11-3-1-4-12-18/h14-15H,1-13H2,(H2,20,23)(H,21,22). The molecule has 132 valence electrons. The van der Waals surface area contributed by atoms with Gasteiger partial charge in [-0.1, -0.05) is 32.1 Å². The lowest BCUT2D eigenvalue weighted by molar-refractivity contribution is -0.135. The maximum Gasteiger partial charge on any atom is 0.243 e. The van der Waals surface area contributed by atoms with Crippen LogP contribution in [0.4, 0.5) is 4.39 Å². The Morgan fingerprint density at radius 1 is 1.04 bits per heavy atom. The molecule has 0 aromatic rings. The largest absolute Gasteiger partial charge is 0.368 e. The van der Waals surface area contributed by atoms with Crippen molar-refractivity contribution in [1.82, 2.24) is 5.32 Å². The topological polar surface area (TPSA) is 72.2 Å². The fraction of sp³-hybridized carbons (Fsp3) is 0.889. The number of rotatable bonds is 7. The molecule has 2 fully saturated rings. The third-order valence-electron chi connectivity index (χ3n) is 5.75. The number of hydrogen-bond acceptors (Lipinski definition) is 2. The fourth-order valence-electron chi connectivity index (χ4n) is 4.17. The lowest BCUT2D eigenvalue weighted by Crippen LogP contribution is -2.59. The molecule has 0 spiro atoms. The van der Waals surface area contributed by atoms with Gasteiger partial charge in [-0.25, -0.2) is 0 Å². The van der Waals surface area contributed by atoms with E-state index < -0.39 is 5.54 Å². The van der Waals surface area contributed by atoms with Crippen LogP contribution in [0.15, 0.2) is 0 Å². The second-order valence-electron chi connectivity index (χ2n) is 7.40. The van der Waals surface area contributed by atoms with Gasteiger partial charge in [-0.05, 0) is 50.9 Å². The number of carbonyl (C=O) groups is 2. The molecule has 0 atom stereocenters. The Kier molecular flexibility index (Phi) is 6.85. The molecule has 2 saturated carbocycles. The highest BCUT2D eigenvalue weighted by Crippen LogP contribution is 2.34. The highest BCUT2D eigenvalue weighted by molar-refractivity contribution is 5.91. The minimum absolute atomic E-state index is 0.00516. The molecule has 0 saturated heterocycles. The molecule has 4 nitrogen and oxygen atoms in total. The summed E-state index contributed by atoms with van der Waals surface area (Å²) in [6.45, 7) is -0.229. The van der Waals surface area contributed by atoms with Crippen LogP contribution in [0.25, 0.3) is 0 Å². The molecule has 2 amide bonds. The average Bonchev–Trinajstić information content (AvgIpc) is 2.56. The highest BCUT2D eigenvalue weighted by atomic mass is 19.1. The van der Waals surface area contributed by atoms with Gasteiger partial charge >= 0.3 is 0 Å². The van der Waals surface area contributed by atoms with E-state index in [2.05, 4.69) is 5.32 Å². The monoisotopic (exact) mass is 326 g/mol. The van der Waals surface area contributed by atoms with Gasteiger partial charge in [0.25, 0.3) is 0 Å². The molecule has 0 unspecified atom stereocenters. The first-order chi connectivity index (χ1) is 11.1. The lowest BCUT2D eigenvalue weighted by atomic mass is 9.77. The number of primary amides is 1. The van der Waals surface area contributed by atoms with Crippen molar-refractivity contribution in [3.63, 3.8) is 0 Å². The zero-order valence-electron chi connectivity index (χ0n) is 14.1. The molecule has 0 radical (unpaired) electrons. The summed E-state index contributed by atoms with van der Waals surface area (Å²) in [5.41, 5.74) is 4.77. The van der Waals surface area contributed by atoms with Gasteiger partial charge in [-0.3, -0.25) is 14.0 Å². The van der Waals surface area contributed by atoms with Crippen LogP contribution in [0.2, 0.25) is 0 Å². The summed E-state index contributed by atoms with van der Waals surface area (Å²) in [4.78, 5) is 24.4. The van der Waals surface area contributed by atoms with Crippen LogP contribution in [0.5, 0.6) is 0 Å². The molecule has 3 N–H and O–H groups in total. The number of carbonyl (C=O) groups excluding carboxylic acids is 2. The predicted octanol–water partition coefficient (Wildman–Crippen LogP) is 3.24. The summed E-state index contributed by atoms with van der Waals surface area (Å²) in [6.07, 6.45) is 10.8. The molecule has 0 heterocycles. The van der Waals surface area contributed by atoms with Crippen molar-refractivity contribution in [2.24, 2.45) is 17.6 Å². The molecule has 0 bridgehead atoms. The van der Waals surface area contributed by atoms with Gasteiger partial charge in [0.2, 0.25) is 11.8 Å². The van der Waals surface area contributed by atoms with Crippen LogP contribution in [-0.2, 0) is 9.59 Å². The van der Waals surface area contributed by atoms with Crippen molar-refractivity contribution in [2.75, 3.05) is 6.67 Å². The van der Waals surface area contributed by atoms with E-state index in [1.54, 1.807) is 0 Å². The maximum absolute atomic E-state index is 12.6. The Balaban J connectivity index is 1.81. The van der Waals surface area contributed by atoms with Crippen molar-refractivity contribution in [3.05, 3.63) is 0 Å². The number of amides is 2. The van der Waals surface area contributed by atoms with E-state index in [1.165, 1.54) is 0 Å². The van der Waals surface area contributed by atoms with E-state index in [1.807, 2.05) is 0 Å². The predicted molar refractivity (Wildman–Crippen MR) is 88.4 cm³/mol. The summed E-state index contributed by atoms with van der Waals surface area (Å²) < 4.78 is 12.1. The van der Waals surface area contributed by atoms with E-state index in [0.717, 1.165) is 57.8 Å². The Morgan fingerprint density at radius 2 is 1.70 bits per heavy atom. The highest BCUT2D eigenvalue weighted by Gasteiger charge is 2.40. The van der Waals surface area contributed by atoms with E-state index >= 15 is 0 Å². The summed E-state index contributed by atoms with van der Waals surface area (Å²) in [6, 6.07) is 0. The number of unbranched alkanes of at least 4 members (excludes halogenated alkanes) is 1. The first kappa shape index (κ1) is 18.2. The normalized spacial score (nSPS) is 27.3. The van der Waals surface area contributed by atoms with Gasteiger partial charge in [-0.15, -0.1) is 0 Å². The van der Waals surface area contributed by atoms with Crippen LogP contribution in [0.3, 0.4) is 0 Å². The van der Waals surface area contributed by atoms with E-state index in [9.17, 15) is 14.0 Å². The van der Waals surface area contributed by atoms with Gasteiger partial charge < -0.3 is 11.1 Å². The van der Waals surface area contributed by atoms with Crippen molar-refractivity contribution in [1.29, 1.82) is 0 Å². The second kappa shape index (κ2) is 8.65. The van der Waals surface area contributed by atoms with Gasteiger partial charge in [-0.2, -0.15) is 0 Å². The third-order valence-corrected chi connectivity index (χ3v) is 5.75. The van der Waals surface area contributed by atoms with Crippen LogP contribution in [0, 0.1) is 11.8 Å². The van der Waals surface area contributed by atoms with Gasteiger partial charge in [0.1, 0.15) is 5.54 Å². The first-order valence-electron chi connectivity index (χ1n) is 9.25. The van der Waals surface area contributed by atoms with Gasteiger partial charge in [0.15, 0.2) is 0 Å². The van der Waals surface area contributed by atoms with E-state index in [4.69, 9.17) is 5.73 Å². The zero-order valence-corrected chi connectivity index (χ0v) is 14.1. The number of halogens is 1. The SMILES string of the molecule is NC(=O)C1(NC(=O)C2CCC(CCCCF)CC2)CCCCC1. The van der Waals surface area contributed by atoms with E-state index in [-0.39, 0.29) is 24.4 Å². The quantitative estimate of drug-likeness (QED) is 0.705. The molecule has 0 aliphatic heterocycles. The molecule has 2 rings (SSSR count). The Bertz CT molecular complexity index is 400. The first-order valence-corrected chi connectivity index (χ1v) is 9.25. The summed E-state index contributed by atoms with van der Waals surface area (Å²) >= 11 is 0. The summed E-state index contributed by atoms with van der Waals surface area (Å²) in [5, 5.41) is 3.01. The maximum atomic E-state index is 12.6. The van der Waals surface area contributed by atoms with Crippen molar-refractivity contribution < 1.29 is 14.0 Å². The average molecular weight is 326 g/mol. The number of nitrogens with one attached hydrogen (secondary N) is 1.